The van der Waals surface area contributed by atoms with Crippen molar-refractivity contribution in [1.29, 1.82) is 0 Å². The van der Waals surface area contributed by atoms with Gasteiger partial charge < -0.3 is 20.1 Å². The number of nitrogen functional groups attached to an aromatic ring is 1. The zero-order valence-corrected chi connectivity index (χ0v) is 7.40. The summed E-state index contributed by atoms with van der Waals surface area (Å²) in [6, 6.07) is 0. The summed E-state index contributed by atoms with van der Waals surface area (Å²) in [7, 11) is 0. The van der Waals surface area contributed by atoms with Gasteiger partial charge in [0.1, 0.15) is 11.7 Å². The summed E-state index contributed by atoms with van der Waals surface area (Å²) in [5.74, 6) is -0.996. The number of ether oxygens (including phenoxy) is 1. The lowest BCUT2D eigenvalue weighted by Gasteiger charge is -2.04. The fourth-order valence-electron chi connectivity index (χ4n) is 1.54. The first-order valence-corrected chi connectivity index (χ1v) is 4.30. The SMILES string of the molecule is Nc1noc(C2CCCO2)c1C(=O)O. The van der Waals surface area contributed by atoms with Gasteiger partial charge in [0.2, 0.25) is 0 Å². The Bertz CT molecular complexity index is 354. The van der Waals surface area contributed by atoms with Crippen molar-refractivity contribution in [2.45, 2.75) is 18.9 Å². The van der Waals surface area contributed by atoms with Crippen LogP contribution in [0, 0.1) is 0 Å². The molecule has 0 amide bonds. The Kier molecular flexibility index (Phi) is 2.12. The maximum absolute atomic E-state index is 10.8. The third kappa shape index (κ3) is 1.33. The first-order chi connectivity index (χ1) is 6.70. The van der Waals surface area contributed by atoms with Gasteiger partial charge in [-0.05, 0) is 12.8 Å². The fraction of sp³-hybridized carbons (Fsp3) is 0.500. The van der Waals surface area contributed by atoms with Crippen LogP contribution in [0.25, 0.3) is 0 Å². The van der Waals surface area contributed by atoms with Gasteiger partial charge >= 0.3 is 5.97 Å². The third-order valence-electron chi connectivity index (χ3n) is 2.18. The minimum Gasteiger partial charge on any atom is -0.477 e. The summed E-state index contributed by atoms with van der Waals surface area (Å²) >= 11 is 0. The van der Waals surface area contributed by atoms with E-state index in [9.17, 15) is 4.79 Å². The molecular weight excluding hydrogens is 188 g/mol. The molecule has 6 nitrogen and oxygen atoms in total. The van der Waals surface area contributed by atoms with Crippen molar-refractivity contribution < 1.29 is 19.2 Å². The molecular formula is C8H10N2O4. The van der Waals surface area contributed by atoms with Gasteiger partial charge in [-0.15, -0.1) is 0 Å². The number of nitrogens with zero attached hydrogens (tertiary/aromatic N) is 1. The summed E-state index contributed by atoms with van der Waals surface area (Å²) in [6.07, 6.45) is 1.32. The lowest BCUT2D eigenvalue weighted by atomic mass is 10.1. The van der Waals surface area contributed by atoms with Crippen molar-refractivity contribution in [3.63, 3.8) is 0 Å². The van der Waals surface area contributed by atoms with E-state index in [1.165, 1.54) is 0 Å². The fourth-order valence-corrected chi connectivity index (χ4v) is 1.54. The molecule has 0 aliphatic carbocycles. The molecule has 0 spiro atoms. The van der Waals surface area contributed by atoms with Gasteiger partial charge in [-0.2, -0.15) is 0 Å². The standard InChI is InChI=1S/C8H10N2O4/c9-7-5(8(11)12)6(14-10-7)4-2-1-3-13-4/h4H,1-3H2,(H2,9,10)(H,11,12). The van der Waals surface area contributed by atoms with Crippen LogP contribution in [-0.2, 0) is 4.74 Å². The van der Waals surface area contributed by atoms with Crippen LogP contribution in [0.3, 0.4) is 0 Å². The number of carboxylic acids is 1. The number of anilines is 1. The monoisotopic (exact) mass is 198 g/mol. The van der Waals surface area contributed by atoms with E-state index >= 15 is 0 Å². The molecule has 2 heterocycles. The highest BCUT2D eigenvalue weighted by Crippen LogP contribution is 2.32. The predicted molar refractivity (Wildman–Crippen MR) is 45.8 cm³/mol. The van der Waals surface area contributed by atoms with Crippen molar-refractivity contribution in [1.82, 2.24) is 5.16 Å². The molecule has 6 heteroatoms. The molecule has 1 atom stereocenters. The minimum absolute atomic E-state index is 0.0723. The molecule has 0 bridgehead atoms. The second-order valence-electron chi connectivity index (χ2n) is 3.11. The third-order valence-corrected chi connectivity index (χ3v) is 2.18. The molecule has 2 rings (SSSR count). The number of nitrogens with two attached hydrogens (primary N) is 1. The lowest BCUT2D eigenvalue weighted by Crippen LogP contribution is -2.06. The highest BCUT2D eigenvalue weighted by Gasteiger charge is 2.30. The number of hydrogen-bond acceptors (Lipinski definition) is 5. The van der Waals surface area contributed by atoms with Crippen LogP contribution in [0.5, 0.6) is 0 Å². The van der Waals surface area contributed by atoms with Gasteiger partial charge in [0.15, 0.2) is 11.6 Å². The Morgan fingerprint density at radius 2 is 2.43 bits per heavy atom. The molecule has 1 aliphatic rings. The van der Waals surface area contributed by atoms with E-state index in [2.05, 4.69) is 5.16 Å². The quantitative estimate of drug-likeness (QED) is 0.729. The smallest absolute Gasteiger partial charge is 0.343 e. The molecule has 1 saturated heterocycles. The average Bonchev–Trinajstić information content (AvgIpc) is 2.70. The van der Waals surface area contributed by atoms with Crippen molar-refractivity contribution in [2.75, 3.05) is 12.3 Å². The number of hydrogen-bond donors (Lipinski definition) is 2. The Balaban J connectivity index is 2.37. The summed E-state index contributed by atoms with van der Waals surface area (Å²) in [4.78, 5) is 10.8. The molecule has 0 aromatic carbocycles. The Morgan fingerprint density at radius 3 is 3.00 bits per heavy atom. The van der Waals surface area contributed by atoms with Crippen LogP contribution in [0.1, 0.15) is 35.1 Å². The summed E-state index contributed by atoms with van der Waals surface area (Å²) < 4.78 is 10.2. The number of carbonyl (C=O) groups is 1. The topological polar surface area (TPSA) is 98.6 Å². The van der Waals surface area contributed by atoms with E-state index in [0.717, 1.165) is 12.8 Å². The highest BCUT2D eigenvalue weighted by atomic mass is 16.5. The largest absolute Gasteiger partial charge is 0.477 e. The maximum atomic E-state index is 10.8. The predicted octanol–water partition coefficient (Wildman–Crippen LogP) is 0.806. The van der Waals surface area contributed by atoms with E-state index in [4.69, 9.17) is 20.1 Å². The van der Waals surface area contributed by atoms with Crippen LogP contribution in [0.15, 0.2) is 4.52 Å². The number of aromatic nitrogens is 1. The average molecular weight is 198 g/mol. The van der Waals surface area contributed by atoms with Crippen LogP contribution < -0.4 is 5.73 Å². The van der Waals surface area contributed by atoms with Gasteiger partial charge in [0.25, 0.3) is 0 Å². The van der Waals surface area contributed by atoms with Gasteiger partial charge in [0.05, 0.1) is 0 Å². The van der Waals surface area contributed by atoms with Crippen molar-refractivity contribution in [3.8, 4) is 0 Å². The molecule has 76 valence electrons. The molecule has 1 unspecified atom stereocenters. The summed E-state index contributed by atoms with van der Waals surface area (Å²) in [6.45, 7) is 0.615. The number of rotatable bonds is 2. The first-order valence-electron chi connectivity index (χ1n) is 4.30. The Labute approximate surface area is 79.6 Å². The van der Waals surface area contributed by atoms with E-state index in [1.54, 1.807) is 0 Å². The van der Waals surface area contributed by atoms with Crippen LogP contribution in [0.4, 0.5) is 5.82 Å². The summed E-state index contributed by atoms with van der Waals surface area (Å²) in [5.41, 5.74) is 5.30. The molecule has 0 radical (unpaired) electrons. The Morgan fingerprint density at radius 1 is 1.64 bits per heavy atom. The van der Waals surface area contributed by atoms with Crippen LogP contribution >= 0.6 is 0 Å². The van der Waals surface area contributed by atoms with Crippen LogP contribution in [-0.4, -0.2) is 22.8 Å². The van der Waals surface area contributed by atoms with Crippen molar-refractivity contribution in [3.05, 3.63) is 11.3 Å². The Hall–Kier alpha value is -1.56. The zero-order chi connectivity index (χ0) is 10.1. The van der Waals surface area contributed by atoms with Crippen LogP contribution in [0.2, 0.25) is 0 Å². The van der Waals surface area contributed by atoms with Crippen molar-refractivity contribution >= 4 is 11.8 Å². The van der Waals surface area contributed by atoms with E-state index in [-0.39, 0.29) is 23.2 Å². The molecule has 1 aromatic heterocycles. The van der Waals surface area contributed by atoms with Crippen molar-refractivity contribution in [2.24, 2.45) is 0 Å². The minimum atomic E-state index is -1.13. The number of carboxylic acid groups (broad SMARTS) is 1. The molecule has 14 heavy (non-hydrogen) atoms. The second-order valence-corrected chi connectivity index (χ2v) is 3.11. The zero-order valence-electron chi connectivity index (χ0n) is 7.40. The molecule has 1 aromatic rings. The van der Waals surface area contributed by atoms with Gasteiger partial charge in [-0.3, -0.25) is 0 Å². The van der Waals surface area contributed by atoms with Gasteiger partial charge in [0, 0.05) is 6.61 Å². The summed E-state index contributed by atoms with van der Waals surface area (Å²) in [5, 5.41) is 12.3. The normalized spacial score (nSPS) is 21.3. The molecule has 1 aliphatic heterocycles. The molecule has 3 N–H and O–H groups in total. The van der Waals surface area contributed by atoms with Gasteiger partial charge in [-0.25, -0.2) is 4.79 Å². The van der Waals surface area contributed by atoms with E-state index in [0.29, 0.717) is 6.61 Å². The van der Waals surface area contributed by atoms with E-state index < -0.39 is 5.97 Å². The maximum Gasteiger partial charge on any atom is 0.343 e. The van der Waals surface area contributed by atoms with Gasteiger partial charge in [-0.1, -0.05) is 5.16 Å². The lowest BCUT2D eigenvalue weighted by molar-refractivity contribution is 0.0659. The molecule has 1 fully saturated rings. The second kappa shape index (κ2) is 3.30. The number of aromatic carboxylic acids is 1. The first kappa shape index (κ1) is 9.01. The van der Waals surface area contributed by atoms with E-state index in [1.807, 2.05) is 0 Å². The highest BCUT2D eigenvalue weighted by molar-refractivity contribution is 5.93. The molecule has 0 saturated carbocycles.